The van der Waals surface area contributed by atoms with E-state index in [4.69, 9.17) is 16.3 Å². The Labute approximate surface area is 143 Å². The number of imidazole rings is 1. The van der Waals surface area contributed by atoms with Gasteiger partial charge in [0.15, 0.2) is 0 Å². The Balaban J connectivity index is 1.62. The van der Waals surface area contributed by atoms with Crippen molar-refractivity contribution in [2.24, 2.45) is 0 Å². The first kappa shape index (κ1) is 14.7. The molecule has 0 atom stereocenters. The average molecular weight is 337 g/mol. The van der Waals surface area contributed by atoms with Crippen molar-refractivity contribution < 1.29 is 4.74 Å². The van der Waals surface area contributed by atoms with Crippen LogP contribution in [0.25, 0.3) is 16.9 Å². The molecule has 4 rings (SSSR count). The van der Waals surface area contributed by atoms with Gasteiger partial charge in [0.05, 0.1) is 10.7 Å². The lowest BCUT2D eigenvalue weighted by Crippen LogP contribution is -1.97. The minimum atomic E-state index is 0.350. The SMILES string of the molecule is Clc1cnccc1-c1ccccc1OCc1cn2cccnc2n1. The third kappa shape index (κ3) is 2.81. The first-order chi connectivity index (χ1) is 11.8. The summed E-state index contributed by atoms with van der Waals surface area (Å²) in [5.74, 6) is 1.40. The second-order valence-corrected chi connectivity index (χ2v) is 5.61. The zero-order chi connectivity index (χ0) is 16.4. The molecule has 0 fully saturated rings. The number of pyridine rings is 1. The normalized spacial score (nSPS) is 10.9. The lowest BCUT2D eigenvalue weighted by atomic mass is 10.1. The van der Waals surface area contributed by atoms with Gasteiger partial charge in [-0.05, 0) is 18.2 Å². The lowest BCUT2D eigenvalue weighted by molar-refractivity contribution is 0.303. The largest absolute Gasteiger partial charge is 0.487 e. The first-order valence-electron chi connectivity index (χ1n) is 7.41. The zero-order valence-electron chi connectivity index (χ0n) is 12.6. The summed E-state index contributed by atoms with van der Waals surface area (Å²) >= 11 is 6.26. The standard InChI is InChI=1S/C18H13ClN4O/c19-16-10-20-8-6-14(16)15-4-1-2-5-17(15)24-12-13-11-23-9-3-7-21-18(23)22-13/h1-11H,12H2. The van der Waals surface area contributed by atoms with Gasteiger partial charge in [0.1, 0.15) is 12.4 Å². The minimum Gasteiger partial charge on any atom is -0.487 e. The fourth-order valence-corrected chi connectivity index (χ4v) is 2.73. The van der Waals surface area contributed by atoms with E-state index in [0.29, 0.717) is 17.4 Å². The van der Waals surface area contributed by atoms with Crippen molar-refractivity contribution in [2.75, 3.05) is 0 Å². The molecule has 0 saturated heterocycles. The Hall–Kier alpha value is -2.92. The van der Waals surface area contributed by atoms with Crippen molar-refractivity contribution in [3.05, 3.63) is 78.1 Å². The smallest absolute Gasteiger partial charge is 0.234 e. The zero-order valence-corrected chi connectivity index (χ0v) is 13.4. The van der Waals surface area contributed by atoms with Gasteiger partial charge < -0.3 is 4.74 Å². The van der Waals surface area contributed by atoms with Crippen LogP contribution >= 0.6 is 11.6 Å². The molecule has 0 aliphatic heterocycles. The van der Waals surface area contributed by atoms with E-state index in [2.05, 4.69) is 15.0 Å². The summed E-state index contributed by atoms with van der Waals surface area (Å²) in [6.45, 7) is 0.350. The van der Waals surface area contributed by atoms with Crippen molar-refractivity contribution >= 4 is 17.4 Å². The maximum absolute atomic E-state index is 6.26. The lowest BCUT2D eigenvalue weighted by Gasteiger charge is -2.11. The highest BCUT2D eigenvalue weighted by molar-refractivity contribution is 6.33. The second-order valence-electron chi connectivity index (χ2n) is 5.20. The maximum Gasteiger partial charge on any atom is 0.234 e. The fraction of sp³-hybridized carbons (Fsp3) is 0.0556. The van der Waals surface area contributed by atoms with Gasteiger partial charge in [0.25, 0.3) is 0 Å². The summed E-state index contributed by atoms with van der Waals surface area (Å²) in [5, 5.41) is 0.588. The third-order valence-electron chi connectivity index (χ3n) is 3.61. The number of ether oxygens (including phenoxy) is 1. The van der Waals surface area contributed by atoms with Gasteiger partial charge in [-0.15, -0.1) is 0 Å². The van der Waals surface area contributed by atoms with E-state index in [1.807, 2.05) is 53.2 Å². The first-order valence-corrected chi connectivity index (χ1v) is 7.79. The van der Waals surface area contributed by atoms with E-state index in [9.17, 15) is 0 Å². The molecule has 1 aromatic carbocycles. The van der Waals surface area contributed by atoms with E-state index >= 15 is 0 Å². The molecular weight excluding hydrogens is 324 g/mol. The van der Waals surface area contributed by atoms with Crippen LogP contribution < -0.4 is 4.74 Å². The number of halogens is 1. The van der Waals surface area contributed by atoms with Gasteiger partial charge in [-0.2, -0.15) is 0 Å². The Kier molecular flexibility index (Phi) is 3.84. The van der Waals surface area contributed by atoms with Gasteiger partial charge in [0, 0.05) is 42.1 Å². The van der Waals surface area contributed by atoms with E-state index in [1.165, 1.54) is 0 Å². The Morgan fingerprint density at radius 2 is 1.96 bits per heavy atom. The molecule has 0 unspecified atom stereocenters. The Bertz CT molecular complexity index is 966. The molecule has 0 radical (unpaired) electrons. The molecule has 0 spiro atoms. The predicted molar refractivity (Wildman–Crippen MR) is 92.0 cm³/mol. The van der Waals surface area contributed by atoms with Crippen LogP contribution in [-0.2, 0) is 6.61 Å². The van der Waals surface area contributed by atoms with Crippen LogP contribution in [0.4, 0.5) is 0 Å². The molecule has 3 heterocycles. The number of fused-ring (bicyclic) bond motifs is 1. The van der Waals surface area contributed by atoms with Crippen molar-refractivity contribution in [2.45, 2.75) is 6.61 Å². The van der Waals surface area contributed by atoms with Gasteiger partial charge in [-0.25, -0.2) is 9.97 Å². The summed E-state index contributed by atoms with van der Waals surface area (Å²) in [6.07, 6.45) is 8.87. The molecule has 0 aliphatic carbocycles. The molecule has 6 heteroatoms. The molecule has 0 saturated carbocycles. The summed E-state index contributed by atoms with van der Waals surface area (Å²) in [7, 11) is 0. The minimum absolute atomic E-state index is 0.350. The molecule has 0 N–H and O–H groups in total. The predicted octanol–water partition coefficient (Wildman–Crippen LogP) is 4.02. The van der Waals surface area contributed by atoms with Crippen molar-refractivity contribution in [1.29, 1.82) is 0 Å². The van der Waals surface area contributed by atoms with Crippen molar-refractivity contribution in [3.63, 3.8) is 0 Å². The van der Waals surface area contributed by atoms with Gasteiger partial charge in [0.2, 0.25) is 5.78 Å². The van der Waals surface area contributed by atoms with E-state index in [1.54, 1.807) is 18.6 Å². The second kappa shape index (κ2) is 6.29. The van der Waals surface area contributed by atoms with Crippen LogP contribution in [-0.4, -0.2) is 19.4 Å². The molecule has 5 nitrogen and oxygen atoms in total. The number of hydrogen-bond acceptors (Lipinski definition) is 4. The maximum atomic E-state index is 6.26. The summed E-state index contributed by atoms with van der Waals surface area (Å²) in [6, 6.07) is 11.5. The highest BCUT2D eigenvalue weighted by Crippen LogP contribution is 2.34. The molecule has 0 bridgehead atoms. The van der Waals surface area contributed by atoms with E-state index in [-0.39, 0.29) is 0 Å². The molecule has 4 aromatic rings. The average Bonchev–Trinajstić information content (AvgIpc) is 3.04. The van der Waals surface area contributed by atoms with Crippen LogP contribution in [0.2, 0.25) is 5.02 Å². The summed E-state index contributed by atoms with van der Waals surface area (Å²) in [4.78, 5) is 12.7. The molecule has 0 amide bonds. The Morgan fingerprint density at radius 3 is 2.83 bits per heavy atom. The number of benzene rings is 1. The van der Waals surface area contributed by atoms with Crippen LogP contribution in [0.3, 0.4) is 0 Å². The number of nitrogens with zero attached hydrogens (tertiary/aromatic N) is 4. The van der Waals surface area contributed by atoms with Gasteiger partial charge in [-0.1, -0.05) is 29.8 Å². The van der Waals surface area contributed by atoms with Crippen LogP contribution in [0.15, 0.2) is 67.4 Å². The third-order valence-corrected chi connectivity index (χ3v) is 3.91. The molecular formula is C18H13ClN4O. The van der Waals surface area contributed by atoms with Crippen LogP contribution in [0, 0.1) is 0 Å². The number of para-hydroxylation sites is 1. The molecule has 24 heavy (non-hydrogen) atoms. The van der Waals surface area contributed by atoms with E-state index < -0.39 is 0 Å². The summed E-state index contributed by atoms with van der Waals surface area (Å²) in [5.41, 5.74) is 2.62. The molecule has 3 aromatic heterocycles. The molecule has 0 aliphatic rings. The van der Waals surface area contributed by atoms with Crippen LogP contribution in [0.1, 0.15) is 5.69 Å². The number of hydrogen-bond donors (Lipinski definition) is 0. The Morgan fingerprint density at radius 1 is 1.04 bits per heavy atom. The quantitative estimate of drug-likeness (QED) is 0.564. The van der Waals surface area contributed by atoms with Crippen LogP contribution in [0.5, 0.6) is 5.75 Å². The summed E-state index contributed by atoms with van der Waals surface area (Å²) < 4.78 is 7.84. The highest BCUT2D eigenvalue weighted by Gasteiger charge is 2.10. The number of rotatable bonds is 4. The topological polar surface area (TPSA) is 52.3 Å². The molecule has 118 valence electrons. The van der Waals surface area contributed by atoms with E-state index in [0.717, 1.165) is 22.6 Å². The van der Waals surface area contributed by atoms with Gasteiger partial charge >= 0.3 is 0 Å². The van der Waals surface area contributed by atoms with Gasteiger partial charge in [-0.3, -0.25) is 9.38 Å². The monoisotopic (exact) mass is 336 g/mol. The highest BCUT2D eigenvalue weighted by atomic mass is 35.5. The van der Waals surface area contributed by atoms with Crippen molar-refractivity contribution in [3.8, 4) is 16.9 Å². The fourth-order valence-electron chi connectivity index (χ4n) is 2.51. The number of aromatic nitrogens is 4. The van der Waals surface area contributed by atoms with Crippen molar-refractivity contribution in [1.82, 2.24) is 19.4 Å².